The van der Waals surface area contributed by atoms with Gasteiger partial charge < -0.3 is 15.3 Å². The van der Waals surface area contributed by atoms with Crippen LogP contribution in [-0.2, 0) is 9.59 Å². The molecule has 7 heteroatoms. The second-order valence-corrected chi connectivity index (χ2v) is 5.42. The number of aliphatic hydroxyl groups excluding tert-OH is 1. The van der Waals surface area contributed by atoms with Gasteiger partial charge in [-0.05, 0) is 37.8 Å². The Bertz CT molecular complexity index is 550. The fourth-order valence-corrected chi connectivity index (χ4v) is 2.51. The number of carbonyl (C=O) groups excluding carboxylic acids is 2. The average Bonchev–Trinajstić information content (AvgIpc) is 2.50. The third-order valence-corrected chi connectivity index (χ3v) is 3.90. The van der Waals surface area contributed by atoms with Crippen LogP contribution in [0.15, 0.2) is 18.2 Å². The van der Waals surface area contributed by atoms with Gasteiger partial charge in [0.15, 0.2) is 0 Å². The summed E-state index contributed by atoms with van der Waals surface area (Å²) in [6, 6.07) is 3.16. The van der Waals surface area contributed by atoms with Crippen molar-refractivity contribution in [3.63, 3.8) is 0 Å². The zero-order chi connectivity index (χ0) is 16.3. The highest BCUT2D eigenvalue weighted by Crippen LogP contribution is 2.21. The number of piperidine rings is 1. The van der Waals surface area contributed by atoms with Crippen LogP contribution in [0.3, 0.4) is 0 Å². The SMILES string of the molecule is CC(O)C1CCN(C(=O)C(=O)Nc2c(F)cccc2F)CC1. The van der Waals surface area contributed by atoms with Crippen molar-refractivity contribution < 1.29 is 23.5 Å². The molecule has 1 aliphatic rings. The van der Waals surface area contributed by atoms with Crippen LogP contribution in [0.25, 0.3) is 0 Å². The number of carbonyl (C=O) groups is 2. The average molecular weight is 312 g/mol. The van der Waals surface area contributed by atoms with Crippen LogP contribution in [0.4, 0.5) is 14.5 Å². The summed E-state index contributed by atoms with van der Waals surface area (Å²) in [5, 5.41) is 11.5. The highest BCUT2D eigenvalue weighted by molar-refractivity contribution is 6.39. The first-order chi connectivity index (χ1) is 10.4. The van der Waals surface area contributed by atoms with Gasteiger partial charge in [0.2, 0.25) is 0 Å². The third kappa shape index (κ3) is 3.59. The van der Waals surface area contributed by atoms with E-state index in [-0.39, 0.29) is 5.92 Å². The summed E-state index contributed by atoms with van der Waals surface area (Å²) < 4.78 is 26.9. The number of likely N-dealkylation sites (tertiary alicyclic amines) is 1. The molecule has 1 saturated heterocycles. The van der Waals surface area contributed by atoms with Crippen molar-refractivity contribution >= 4 is 17.5 Å². The molecule has 2 N–H and O–H groups in total. The van der Waals surface area contributed by atoms with Crippen molar-refractivity contribution in [3.05, 3.63) is 29.8 Å². The Labute approximate surface area is 126 Å². The lowest BCUT2D eigenvalue weighted by molar-refractivity contribution is -0.144. The molecule has 0 aromatic heterocycles. The maximum absolute atomic E-state index is 13.4. The third-order valence-electron chi connectivity index (χ3n) is 3.90. The number of rotatable bonds is 2. The molecular weight excluding hydrogens is 294 g/mol. The van der Waals surface area contributed by atoms with Gasteiger partial charge in [0, 0.05) is 13.1 Å². The van der Waals surface area contributed by atoms with Gasteiger partial charge in [-0.15, -0.1) is 0 Å². The van der Waals surface area contributed by atoms with Gasteiger partial charge >= 0.3 is 11.8 Å². The molecule has 0 bridgehead atoms. The molecule has 1 aromatic rings. The Morgan fingerprint density at radius 3 is 2.32 bits per heavy atom. The first kappa shape index (κ1) is 16.4. The van der Waals surface area contributed by atoms with E-state index in [1.54, 1.807) is 6.92 Å². The van der Waals surface area contributed by atoms with Gasteiger partial charge in [0.1, 0.15) is 17.3 Å². The van der Waals surface area contributed by atoms with Gasteiger partial charge in [-0.1, -0.05) is 6.07 Å². The number of anilines is 1. The van der Waals surface area contributed by atoms with E-state index in [0.29, 0.717) is 25.9 Å². The topological polar surface area (TPSA) is 69.6 Å². The molecular formula is C15H18F2N2O3. The summed E-state index contributed by atoms with van der Waals surface area (Å²) in [7, 11) is 0. The molecule has 1 atom stereocenters. The van der Waals surface area contributed by atoms with E-state index in [1.165, 1.54) is 11.0 Å². The van der Waals surface area contributed by atoms with Crippen LogP contribution in [0.1, 0.15) is 19.8 Å². The summed E-state index contributed by atoms with van der Waals surface area (Å²) in [6.07, 6.45) is 0.716. The second-order valence-electron chi connectivity index (χ2n) is 5.42. The van der Waals surface area contributed by atoms with Crippen molar-refractivity contribution in [2.75, 3.05) is 18.4 Å². The predicted octanol–water partition coefficient (Wildman–Crippen LogP) is 1.52. The highest BCUT2D eigenvalue weighted by Gasteiger charge is 2.29. The first-order valence-corrected chi connectivity index (χ1v) is 7.12. The number of nitrogens with one attached hydrogen (secondary N) is 1. The zero-order valence-electron chi connectivity index (χ0n) is 12.2. The van der Waals surface area contributed by atoms with E-state index in [1.807, 2.05) is 5.32 Å². The molecule has 1 unspecified atom stereocenters. The van der Waals surface area contributed by atoms with Crippen LogP contribution in [0.5, 0.6) is 0 Å². The second kappa shape index (κ2) is 6.83. The molecule has 1 aliphatic heterocycles. The van der Waals surface area contributed by atoms with E-state index in [0.717, 1.165) is 12.1 Å². The van der Waals surface area contributed by atoms with Gasteiger partial charge in [-0.2, -0.15) is 0 Å². The summed E-state index contributed by atoms with van der Waals surface area (Å²) in [5.41, 5.74) is -0.625. The van der Waals surface area contributed by atoms with E-state index in [9.17, 15) is 23.5 Å². The number of hydrogen-bond acceptors (Lipinski definition) is 3. The Hall–Kier alpha value is -2.02. The summed E-state index contributed by atoms with van der Waals surface area (Å²) in [6.45, 7) is 2.36. The maximum Gasteiger partial charge on any atom is 0.314 e. The van der Waals surface area contributed by atoms with Crippen LogP contribution < -0.4 is 5.32 Å². The molecule has 0 saturated carbocycles. The van der Waals surface area contributed by atoms with E-state index in [4.69, 9.17) is 0 Å². The van der Waals surface area contributed by atoms with Crippen LogP contribution in [0, 0.1) is 17.6 Å². The van der Waals surface area contributed by atoms with Crippen LogP contribution in [0.2, 0.25) is 0 Å². The first-order valence-electron chi connectivity index (χ1n) is 7.12. The molecule has 0 aliphatic carbocycles. The molecule has 0 spiro atoms. The van der Waals surface area contributed by atoms with Gasteiger partial charge in [0.05, 0.1) is 6.10 Å². The van der Waals surface area contributed by atoms with Crippen molar-refractivity contribution in [2.24, 2.45) is 5.92 Å². The highest BCUT2D eigenvalue weighted by atomic mass is 19.1. The largest absolute Gasteiger partial charge is 0.393 e. The lowest BCUT2D eigenvalue weighted by Crippen LogP contribution is -2.45. The number of hydrogen-bond donors (Lipinski definition) is 2. The number of nitrogens with zero attached hydrogens (tertiary/aromatic N) is 1. The summed E-state index contributed by atoms with van der Waals surface area (Å²) >= 11 is 0. The lowest BCUT2D eigenvalue weighted by Gasteiger charge is -2.32. The zero-order valence-corrected chi connectivity index (χ0v) is 12.2. The van der Waals surface area contributed by atoms with Crippen molar-refractivity contribution in [2.45, 2.75) is 25.9 Å². The molecule has 2 rings (SSSR count). The quantitative estimate of drug-likeness (QED) is 0.814. The fraction of sp³-hybridized carbons (Fsp3) is 0.467. The van der Waals surface area contributed by atoms with Gasteiger partial charge in [-0.3, -0.25) is 9.59 Å². The van der Waals surface area contributed by atoms with Crippen LogP contribution >= 0.6 is 0 Å². The molecule has 1 fully saturated rings. The minimum absolute atomic E-state index is 0.0936. The van der Waals surface area contributed by atoms with Crippen LogP contribution in [-0.4, -0.2) is 41.0 Å². The Balaban J connectivity index is 1.97. The van der Waals surface area contributed by atoms with E-state index < -0.39 is 35.2 Å². The number of para-hydroxylation sites is 1. The number of benzene rings is 1. The summed E-state index contributed by atoms with van der Waals surface area (Å²) in [4.78, 5) is 25.2. The number of aliphatic hydroxyl groups is 1. The lowest BCUT2D eigenvalue weighted by atomic mass is 9.92. The molecule has 0 radical (unpaired) electrons. The Kier molecular flexibility index (Phi) is 5.07. The minimum atomic E-state index is -1.07. The Morgan fingerprint density at radius 1 is 1.27 bits per heavy atom. The predicted molar refractivity (Wildman–Crippen MR) is 76.0 cm³/mol. The van der Waals surface area contributed by atoms with E-state index >= 15 is 0 Å². The van der Waals surface area contributed by atoms with Gasteiger partial charge in [0.25, 0.3) is 0 Å². The molecule has 5 nitrogen and oxygen atoms in total. The smallest absolute Gasteiger partial charge is 0.314 e. The van der Waals surface area contributed by atoms with E-state index in [2.05, 4.69) is 0 Å². The van der Waals surface area contributed by atoms with Crippen molar-refractivity contribution in [1.29, 1.82) is 0 Å². The van der Waals surface area contributed by atoms with Gasteiger partial charge in [-0.25, -0.2) is 8.78 Å². The maximum atomic E-state index is 13.4. The minimum Gasteiger partial charge on any atom is -0.393 e. The molecule has 1 heterocycles. The molecule has 2 amide bonds. The molecule has 120 valence electrons. The standard InChI is InChI=1S/C15H18F2N2O3/c1-9(20)10-5-7-19(8-6-10)15(22)14(21)18-13-11(16)3-2-4-12(13)17/h2-4,9-10,20H,5-8H2,1H3,(H,18,21). The number of amides is 2. The monoisotopic (exact) mass is 312 g/mol. The molecule has 22 heavy (non-hydrogen) atoms. The normalized spacial score (nSPS) is 17.2. The van der Waals surface area contributed by atoms with Crippen molar-refractivity contribution in [1.82, 2.24) is 4.90 Å². The summed E-state index contributed by atoms with van der Waals surface area (Å²) in [5.74, 6) is -3.68. The fourth-order valence-electron chi connectivity index (χ4n) is 2.51. The Morgan fingerprint density at radius 2 is 1.82 bits per heavy atom. The molecule has 1 aromatic carbocycles. The van der Waals surface area contributed by atoms with Crippen molar-refractivity contribution in [3.8, 4) is 0 Å². The number of halogens is 2.